The molecule has 0 saturated carbocycles. The maximum Gasteiger partial charge on any atom is 0.166 e. The summed E-state index contributed by atoms with van der Waals surface area (Å²) in [4.78, 5) is 2.36. The molecule has 1 aliphatic rings. The minimum atomic E-state index is -0.349. The van der Waals surface area contributed by atoms with E-state index in [0.29, 0.717) is 0 Å². The van der Waals surface area contributed by atoms with Crippen molar-refractivity contribution in [2.45, 2.75) is 6.54 Å². The third kappa shape index (κ3) is 4.22. The molecule has 1 aromatic carbocycles. The van der Waals surface area contributed by atoms with Crippen molar-refractivity contribution in [1.29, 1.82) is 0 Å². The fourth-order valence-electron chi connectivity index (χ4n) is 1.86. The molecule has 0 unspecified atom stereocenters. The van der Waals surface area contributed by atoms with Crippen LogP contribution in [0.1, 0.15) is 11.1 Å². The molecular weight excluding hydrogens is 285 g/mol. The fourth-order valence-corrected chi connectivity index (χ4v) is 2.13. The first kappa shape index (κ1) is 12.7. The van der Waals surface area contributed by atoms with E-state index in [0.717, 1.165) is 38.4 Å². The number of hydrogen-bond donors (Lipinski definition) is 0. The van der Waals surface area contributed by atoms with Gasteiger partial charge in [-0.2, -0.15) is 4.39 Å². The van der Waals surface area contributed by atoms with E-state index in [2.05, 4.69) is 20.8 Å². The zero-order valence-corrected chi connectivity index (χ0v) is 11.1. The second kappa shape index (κ2) is 6.28. The number of morpholine rings is 1. The van der Waals surface area contributed by atoms with Gasteiger partial charge >= 0.3 is 0 Å². The molecule has 0 aromatic heterocycles. The predicted molar refractivity (Wildman–Crippen MR) is 70.6 cm³/mol. The zero-order chi connectivity index (χ0) is 12.1. The van der Waals surface area contributed by atoms with Crippen LogP contribution >= 0.6 is 15.9 Å². The average molecular weight is 300 g/mol. The van der Waals surface area contributed by atoms with Crippen molar-refractivity contribution in [3.8, 4) is 0 Å². The quantitative estimate of drug-likeness (QED) is 0.850. The van der Waals surface area contributed by atoms with Gasteiger partial charge in [-0.1, -0.05) is 24.3 Å². The van der Waals surface area contributed by atoms with Crippen molar-refractivity contribution in [2.24, 2.45) is 0 Å². The molecule has 1 aliphatic heterocycles. The summed E-state index contributed by atoms with van der Waals surface area (Å²) in [5.74, 6) is 0. The van der Waals surface area contributed by atoms with Crippen LogP contribution < -0.4 is 0 Å². The largest absolute Gasteiger partial charge is 0.379 e. The second-order valence-electron chi connectivity index (χ2n) is 4.06. The van der Waals surface area contributed by atoms with Crippen LogP contribution in [0.3, 0.4) is 0 Å². The molecule has 0 bridgehead atoms. The SMILES string of the molecule is F/C(Br)=C\c1ccc(CN2CCOCC2)cc1. The molecule has 0 radical (unpaired) electrons. The first-order chi connectivity index (χ1) is 8.24. The molecule has 1 fully saturated rings. The molecular formula is C13H15BrFNO. The maximum atomic E-state index is 12.6. The molecule has 1 aromatic rings. The van der Waals surface area contributed by atoms with Crippen molar-refractivity contribution in [2.75, 3.05) is 26.3 Å². The third-order valence-electron chi connectivity index (χ3n) is 2.77. The number of hydrogen-bond acceptors (Lipinski definition) is 2. The Morgan fingerprint density at radius 3 is 2.53 bits per heavy atom. The van der Waals surface area contributed by atoms with Gasteiger partial charge in [0.2, 0.25) is 0 Å². The Balaban J connectivity index is 1.95. The molecule has 4 heteroatoms. The van der Waals surface area contributed by atoms with Gasteiger partial charge in [0.15, 0.2) is 4.74 Å². The summed E-state index contributed by atoms with van der Waals surface area (Å²) >= 11 is 2.78. The average Bonchev–Trinajstić information content (AvgIpc) is 2.32. The number of halogens is 2. The lowest BCUT2D eigenvalue weighted by molar-refractivity contribution is 0.0342. The van der Waals surface area contributed by atoms with Crippen molar-refractivity contribution < 1.29 is 9.13 Å². The highest BCUT2D eigenvalue weighted by molar-refractivity contribution is 9.11. The Morgan fingerprint density at radius 1 is 1.29 bits per heavy atom. The van der Waals surface area contributed by atoms with Crippen molar-refractivity contribution >= 4 is 22.0 Å². The number of nitrogens with zero attached hydrogens (tertiary/aromatic N) is 1. The maximum absolute atomic E-state index is 12.6. The molecule has 17 heavy (non-hydrogen) atoms. The molecule has 2 nitrogen and oxygen atoms in total. The van der Waals surface area contributed by atoms with Crippen LogP contribution in [0, 0.1) is 0 Å². The van der Waals surface area contributed by atoms with E-state index >= 15 is 0 Å². The summed E-state index contributed by atoms with van der Waals surface area (Å²) < 4.78 is 17.6. The Hall–Kier alpha value is -0.710. The van der Waals surface area contributed by atoms with Gasteiger partial charge in [-0.05, 0) is 33.1 Å². The van der Waals surface area contributed by atoms with E-state index in [9.17, 15) is 4.39 Å². The van der Waals surface area contributed by atoms with Crippen LogP contribution in [0.5, 0.6) is 0 Å². The van der Waals surface area contributed by atoms with Gasteiger partial charge in [0.05, 0.1) is 13.2 Å². The van der Waals surface area contributed by atoms with Crippen molar-refractivity contribution in [3.63, 3.8) is 0 Å². The Kier molecular flexibility index (Phi) is 4.71. The first-order valence-corrected chi connectivity index (χ1v) is 6.45. The number of rotatable bonds is 3. The minimum Gasteiger partial charge on any atom is -0.379 e. The monoisotopic (exact) mass is 299 g/mol. The number of benzene rings is 1. The zero-order valence-electron chi connectivity index (χ0n) is 9.53. The van der Waals surface area contributed by atoms with E-state index in [1.807, 2.05) is 24.3 Å². The van der Waals surface area contributed by atoms with Gasteiger partial charge in [0.1, 0.15) is 0 Å². The lowest BCUT2D eigenvalue weighted by atomic mass is 10.1. The summed E-state index contributed by atoms with van der Waals surface area (Å²) in [6, 6.07) is 7.93. The second-order valence-corrected chi connectivity index (χ2v) is 4.82. The van der Waals surface area contributed by atoms with Crippen LogP contribution in [-0.4, -0.2) is 31.2 Å². The van der Waals surface area contributed by atoms with E-state index in [4.69, 9.17) is 4.74 Å². The Labute approximate surface area is 109 Å². The van der Waals surface area contributed by atoms with Crippen LogP contribution in [0.25, 0.3) is 6.08 Å². The highest BCUT2D eigenvalue weighted by Gasteiger charge is 2.10. The van der Waals surface area contributed by atoms with Crippen molar-refractivity contribution in [1.82, 2.24) is 4.90 Å². The van der Waals surface area contributed by atoms with E-state index < -0.39 is 0 Å². The van der Waals surface area contributed by atoms with E-state index in [1.165, 1.54) is 11.6 Å². The first-order valence-electron chi connectivity index (χ1n) is 5.66. The summed E-state index contributed by atoms with van der Waals surface area (Å²) in [5.41, 5.74) is 2.11. The van der Waals surface area contributed by atoms with Gasteiger partial charge in [-0.3, -0.25) is 4.90 Å². The standard InChI is InChI=1S/C13H15BrFNO/c14-13(15)9-11-1-3-12(4-2-11)10-16-5-7-17-8-6-16/h1-4,9H,5-8,10H2/b13-9-. The summed E-state index contributed by atoms with van der Waals surface area (Å²) in [5, 5.41) is 0. The van der Waals surface area contributed by atoms with Crippen LogP contribution in [0.15, 0.2) is 29.0 Å². The smallest absolute Gasteiger partial charge is 0.166 e. The highest BCUT2D eigenvalue weighted by atomic mass is 79.9. The Bertz CT molecular complexity index is 381. The molecule has 0 N–H and O–H groups in total. The molecule has 0 amide bonds. The number of ether oxygens (including phenoxy) is 1. The van der Waals surface area contributed by atoms with E-state index in [1.54, 1.807) is 0 Å². The molecule has 1 heterocycles. The topological polar surface area (TPSA) is 12.5 Å². The molecule has 2 rings (SSSR count). The lowest BCUT2D eigenvalue weighted by Crippen LogP contribution is -2.35. The normalized spacial score (nSPS) is 18.4. The van der Waals surface area contributed by atoms with E-state index in [-0.39, 0.29) is 4.74 Å². The summed E-state index contributed by atoms with van der Waals surface area (Å²) in [7, 11) is 0. The third-order valence-corrected chi connectivity index (χ3v) is 2.99. The van der Waals surface area contributed by atoms with Gasteiger partial charge in [0, 0.05) is 19.6 Å². The van der Waals surface area contributed by atoms with Crippen LogP contribution in [-0.2, 0) is 11.3 Å². The molecule has 92 valence electrons. The van der Waals surface area contributed by atoms with Gasteiger partial charge in [-0.25, -0.2) is 0 Å². The Morgan fingerprint density at radius 2 is 1.94 bits per heavy atom. The highest BCUT2D eigenvalue weighted by Crippen LogP contribution is 2.15. The summed E-state index contributed by atoms with van der Waals surface area (Å²) in [6.07, 6.45) is 1.46. The fraction of sp³-hybridized carbons (Fsp3) is 0.385. The van der Waals surface area contributed by atoms with Gasteiger partial charge in [-0.15, -0.1) is 0 Å². The summed E-state index contributed by atoms with van der Waals surface area (Å²) in [6.45, 7) is 4.53. The molecule has 0 atom stereocenters. The van der Waals surface area contributed by atoms with Gasteiger partial charge in [0.25, 0.3) is 0 Å². The minimum absolute atomic E-state index is 0.349. The molecule has 0 aliphatic carbocycles. The lowest BCUT2D eigenvalue weighted by Gasteiger charge is -2.26. The van der Waals surface area contributed by atoms with Crippen molar-refractivity contribution in [3.05, 3.63) is 40.1 Å². The van der Waals surface area contributed by atoms with Gasteiger partial charge < -0.3 is 4.74 Å². The van der Waals surface area contributed by atoms with Crippen LogP contribution in [0.2, 0.25) is 0 Å². The molecule has 0 spiro atoms. The van der Waals surface area contributed by atoms with Crippen LogP contribution in [0.4, 0.5) is 4.39 Å². The molecule has 1 saturated heterocycles. The predicted octanol–water partition coefficient (Wildman–Crippen LogP) is 3.18.